The molecule has 0 saturated carbocycles. The molecule has 86 valence electrons. The number of rotatable bonds is 5. The first-order valence-electron chi connectivity index (χ1n) is 4.82. The summed E-state index contributed by atoms with van der Waals surface area (Å²) in [4.78, 5) is 21.2. The number of nitrogens with one attached hydrogen (secondary N) is 1. The van der Waals surface area contributed by atoms with Crippen molar-refractivity contribution in [3.63, 3.8) is 0 Å². The Morgan fingerprint density at radius 3 is 2.75 bits per heavy atom. The lowest BCUT2D eigenvalue weighted by molar-refractivity contribution is -0.131. The molecule has 0 fully saturated rings. The van der Waals surface area contributed by atoms with Gasteiger partial charge in [0.15, 0.2) is 0 Å². The van der Waals surface area contributed by atoms with E-state index in [0.29, 0.717) is 13.0 Å². The Labute approximate surface area is 92.8 Å². The Morgan fingerprint density at radius 2 is 2.19 bits per heavy atom. The van der Waals surface area contributed by atoms with Crippen molar-refractivity contribution in [2.75, 3.05) is 6.54 Å². The number of carbonyl (C=O) groups is 2. The molecule has 1 heterocycles. The summed E-state index contributed by atoms with van der Waals surface area (Å²) >= 11 is 0. The molecule has 0 bridgehead atoms. The molecular weight excluding hydrogens is 210 g/mol. The quantitative estimate of drug-likeness (QED) is 0.726. The smallest absolute Gasteiger partial charge is 0.328 e. The Balaban J connectivity index is 2.25. The first kappa shape index (κ1) is 12.0. The van der Waals surface area contributed by atoms with Crippen LogP contribution in [0.15, 0.2) is 28.7 Å². The van der Waals surface area contributed by atoms with Gasteiger partial charge in [0.1, 0.15) is 11.5 Å². The number of hydrogen-bond acceptors (Lipinski definition) is 3. The third-order valence-electron chi connectivity index (χ3n) is 1.84. The number of carboxylic acids is 1. The van der Waals surface area contributed by atoms with E-state index in [2.05, 4.69) is 5.32 Å². The van der Waals surface area contributed by atoms with Gasteiger partial charge >= 0.3 is 5.97 Å². The van der Waals surface area contributed by atoms with Gasteiger partial charge in [0, 0.05) is 25.1 Å². The summed E-state index contributed by atoms with van der Waals surface area (Å²) in [5, 5.41) is 10.8. The van der Waals surface area contributed by atoms with Crippen LogP contribution in [0, 0.1) is 6.92 Å². The number of carboxylic acid groups (broad SMARTS) is 1. The minimum atomic E-state index is -1.14. The Bertz CT molecular complexity index is 406. The molecule has 0 saturated heterocycles. The number of aliphatic carboxylic acids is 1. The molecule has 1 aromatic rings. The summed E-state index contributed by atoms with van der Waals surface area (Å²) in [5.74, 6) is 0.0506. The van der Waals surface area contributed by atoms with Gasteiger partial charge in [-0.05, 0) is 19.1 Å². The highest BCUT2D eigenvalue weighted by atomic mass is 16.4. The molecule has 5 heteroatoms. The van der Waals surface area contributed by atoms with Gasteiger partial charge < -0.3 is 14.8 Å². The SMILES string of the molecule is Cc1ccc(CCNC(=O)/C=C/C(=O)O)o1. The standard InChI is InChI=1S/C11H13NO4/c1-8-2-3-9(16-8)6-7-12-10(13)4-5-11(14)15/h2-5H,6-7H2,1H3,(H,12,13)(H,14,15)/b5-4+. The van der Waals surface area contributed by atoms with E-state index in [0.717, 1.165) is 23.7 Å². The molecule has 1 aromatic heterocycles. The van der Waals surface area contributed by atoms with Gasteiger partial charge in [-0.15, -0.1) is 0 Å². The molecule has 0 atom stereocenters. The van der Waals surface area contributed by atoms with Gasteiger partial charge in [-0.1, -0.05) is 0 Å². The lowest BCUT2D eigenvalue weighted by Crippen LogP contribution is -2.23. The van der Waals surface area contributed by atoms with E-state index in [4.69, 9.17) is 9.52 Å². The lowest BCUT2D eigenvalue weighted by atomic mass is 10.3. The Kier molecular flexibility index (Phi) is 4.32. The van der Waals surface area contributed by atoms with Gasteiger partial charge in [0.25, 0.3) is 0 Å². The maximum absolute atomic E-state index is 11.1. The molecule has 0 aliphatic carbocycles. The number of furan rings is 1. The average molecular weight is 223 g/mol. The number of hydrogen-bond donors (Lipinski definition) is 2. The van der Waals surface area contributed by atoms with Crippen molar-refractivity contribution in [1.29, 1.82) is 0 Å². The molecular formula is C11H13NO4. The van der Waals surface area contributed by atoms with Crippen LogP contribution >= 0.6 is 0 Å². The van der Waals surface area contributed by atoms with Crippen molar-refractivity contribution in [3.05, 3.63) is 35.8 Å². The fraction of sp³-hybridized carbons (Fsp3) is 0.273. The van der Waals surface area contributed by atoms with Crippen molar-refractivity contribution in [1.82, 2.24) is 5.32 Å². The van der Waals surface area contributed by atoms with Crippen LogP contribution < -0.4 is 5.32 Å². The van der Waals surface area contributed by atoms with Crippen LogP contribution in [0.2, 0.25) is 0 Å². The fourth-order valence-corrected chi connectivity index (χ4v) is 1.13. The zero-order valence-electron chi connectivity index (χ0n) is 8.90. The molecule has 0 spiro atoms. The zero-order valence-corrected chi connectivity index (χ0v) is 8.90. The fourth-order valence-electron chi connectivity index (χ4n) is 1.13. The van der Waals surface area contributed by atoms with Crippen molar-refractivity contribution < 1.29 is 19.1 Å². The van der Waals surface area contributed by atoms with Crippen LogP contribution in [0.3, 0.4) is 0 Å². The summed E-state index contributed by atoms with van der Waals surface area (Å²) in [6, 6.07) is 3.69. The molecule has 1 amide bonds. The third-order valence-corrected chi connectivity index (χ3v) is 1.84. The van der Waals surface area contributed by atoms with Crippen molar-refractivity contribution in [2.45, 2.75) is 13.3 Å². The third kappa shape index (κ3) is 4.45. The summed E-state index contributed by atoms with van der Waals surface area (Å²) in [7, 11) is 0. The molecule has 0 radical (unpaired) electrons. The highest BCUT2D eigenvalue weighted by Crippen LogP contribution is 2.05. The summed E-state index contributed by atoms with van der Waals surface area (Å²) in [6.07, 6.45) is 2.36. The van der Waals surface area contributed by atoms with E-state index in [-0.39, 0.29) is 0 Å². The first-order valence-corrected chi connectivity index (χ1v) is 4.82. The molecule has 2 N–H and O–H groups in total. The number of aryl methyl sites for hydroxylation is 1. The second kappa shape index (κ2) is 5.75. The molecule has 0 aromatic carbocycles. The van der Waals surface area contributed by atoms with Crippen LogP contribution in [-0.2, 0) is 16.0 Å². The highest BCUT2D eigenvalue weighted by molar-refractivity contribution is 5.93. The van der Waals surface area contributed by atoms with E-state index < -0.39 is 11.9 Å². The first-order chi connectivity index (χ1) is 7.58. The normalized spacial score (nSPS) is 10.6. The largest absolute Gasteiger partial charge is 0.478 e. The Morgan fingerprint density at radius 1 is 1.44 bits per heavy atom. The topological polar surface area (TPSA) is 79.5 Å². The molecule has 16 heavy (non-hydrogen) atoms. The Hall–Kier alpha value is -2.04. The van der Waals surface area contributed by atoms with Gasteiger partial charge in [-0.2, -0.15) is 0 Å². The van der Waals surface area contributed by atoms with Crippen molar-refractivity contribution in [3.8, 4) is 0 Å². The second-order valence-corrected chi connectivity index (χ2v) is 3.22. The predicted octanol–water partition coefficient (Wildman–Crippen LogP) is 0.888. The maximum Gasteiger partial charge on any atom is 0.328 e. The number of carbonyl (C=O) groups excluding carboxylic acids is 1. The molecule has 1 rings (SSSR count). The molecule has 5 nitrogen and oxygen atoms in total. The van der Waals surface area contributed by atoms with E-state index in [1.54, 1.807) is 0 Å². The van der Waals surface area contributed by atoms with Crippen LogP contribution in [0.4, 0.5) is 0 Å². The summed E-state index contributed by atoms with van der Waals surface area (Å²) < 4.78 is 5.30. The van der Waals surface area contributed by atoms with Crippen LogP contribution in [0.5, 0.6) is 0 Å². The maximum atomic E-state index is 11.1. The minimum absolute atomic E-state index is 0.412. The van der Waals surface area contributed by atoms with Crippen molar-refractivity contribution in [2.24, 2.45) is 0 Å². The molecule has 0 aliphatic heterocycles. The molecule has 0 aliphatic rings. The number of amides is 1. The van der Waals surface area contributed by atoms with E-state index in [9.17, 15) is 9.59 Å². The van der Waals surface area contributed by atoms with Gasteiger partial charge in [-0.3, -0.25) is 4.79 Å². The summed E-state index contributed by atoms with van der Waals surface area (Å²) in [5.41, 5.74) is 0. The van der Waals surface area contributed by atoms with Crippen molar-refractivity contribution >= 4 is 11.9 Å². The van der Waals surface area contributed by atoms with Gasteiger partial charge in [0.05, 0.1) is 0 Å². The van der Waals surface area contributed by atoms with Crippen LogP contribution in [0.1, 0.15) is 11.5 Å². The predicted molar refractivity (Wildman–Crippen MR) is 56.9 cm³/mol. The van der Waals surface area contributed by atoms with E-state index in [1.165, 1.54) is 0 Å². The lowest BCUT2D eigenvalue weighted by Gasteiger charge is -1.99. The highest BCUT2D eigenvalue weighted by Gasteiger charge is 2.00. The van der Waals surface area contributed by atoms with E-state index >= 15 is 0 Å². The van der Waals surface area contributed by atoms with Crippen LogP contribution in [-0.4, -0.2) is 23.5 Å². The molecule has 0 unspecified atom stereocenters. The van der Waals surface area contributed by atoms with Gasteiger partial charge in [0.2, 0.25) is 5.91 Å². The second-order valence-electron chi connectivity index (χ2n) is 3.22. The van der Waals surface area contributed by atoms with Crippen LogP contribution in [0.25, 0.3) is 0 Å². The summed E-state index contributed by atoms with van der Waals surface area (Å²) in [6.45, 7) is 2.26. The van der Waals surface area contributed by atoms with Gasteiger partial charge in [-0.25, -0.2) is 4.79 Å². The average Bonchev–Trinajstić information content (AvgIpc) is 2.61. The zero-order chi connectivity index (χ0) is 12.0. The minimum Gasteiger partial charge on any atom is -0.478 e. The monoisotopic (exact) mass is 223 g/mol. The van der Waals surface area contributed by atoms with E-state index in [1.807, 2.05) is 19.1 Å².